The van der Waals surface area contributed by atoms with Crippen LogP contribution < -0.4 is 5.32 Å². The first-order valence-electron chi connectivity index (χ1n) is 4.21. The fraction of sp³-hybridized carbons (Fsp3) is 1.00. The van der Waals surface area contributed by atoms with Crippen molar-refractivity contribution in [2.24, 2.45) is 5.92 Å². The normalized spacial score (nSPS) is 34.2. The maximum atomic E-state index is 8.79. The molecule has 0 aromatic heterocycles. The van der Waals surface area contributed by atoms with Gasteiger partial charge in [0.15, 0.2) is 0 Å². The Morgan fingerprint density at radius 3 is 2.70 bits per heavy atom. The molecule has 0 amide bonds. The molecule has 1 saturated heterocycles. The molecule has 0 aromatic carbocycles. The summed E-state index contributed by atoms with van der Waals surface area (Å²) in [7, 11) is 0. The lowest BCUT2D eigenvalue weighted by Gasteiger charge is -2.27. The van der Waals surface area contributed by atoms with Gasteiger partial charge in [-0.1, -0.05) is 13.3 Å². The first-order valence-corrected chi connectivity index (χ1v) is 4.21. The molecule has 0 spiro atoms. The fourth-order valence-corrected chi connectivity index (χ4v) is 1.48. The predicted octanol–water partition coefficient (Wildman–Crippen LogP) is 0.757. The third kappa shape index (κ3) is 1.96. The minimum atomic E-state index is 0.302. The van der Waals surface area contributed by atoms with Gasteiger partial charge in [0, 0.05) is 6.04 Å². The van der Waals surface area contributed by atoms with E-state index < -0.39 is 0 Å². The van der Waals surface area contributed by atoms with E-state index in [1.807, 2.05) is 0 Å². The molecular weight excluding hydrogens is 126 g/mol. The standard InChI is InChI=1S/C8H17NO/c1-2-7-3-4-8(6-10)9-5-7/h7-10H,2-6H2,1H3. The molecule has 0 aliphatic carbocycles. The van der Waals surface area contributed by atoms with Crippen molar-refractivity contribution in [3.63, 3.8) is 0 Å². The molecular formula is C8H17NO. The summed E-state index contributed by atoms with van der Waals surface area (Å²) in [6.07, 6.45) is 3.70. The van der Waals surface area contributed by atoms with E-state index in [4.69, 9.17) is 5.11 Å². The van der Waals surface area contributed by atoms with Crippen molar-refractivity contribution >= 4 is 0 Å². The van der Waals surface area contributed by atoms with Gasteiger partial charge in [0.1, 0.15) is 0 Å². The smallest absolute Gasteiger partial charge is 0.0584 e. The molecule has 2 atom stereocenters. The number of nitrogens with one attached hydrogen (secondary N) is 1. The summed E-state index contributed by atoms with van der Waals surface area (Å²) in [6, 6.07) is 0.378. The number of aliphatic hydroxyl groups excluding tert-OH is 1. The third-order valence-electron chi connectivity index (χ3n) is 2.42. The molecule has 10 heavy (non-hydrogen) atoms. The van der Waals surface area contributed by atoms with Gasteiger partial charge < -0.3 is 10.4 Å². The van der Waals surface area contributed by atoms with Crippen LogP contribution in [0.1, 0.15) is 26.2 Å². The van der Waals surface area contributed by atoms with E-state index in [0.29, 0.717) is 12.6 Å². The molecule has 1 rings (SSSR count). The van der Waals surface area contributed by atoms with Crippen LogP contribution in [0.25, 0.3) is 0 Å². The Kier molecular flexibility index (Phi) is 3.16. The van der Waals surface area contributed by atoms with Gasteiger partial charge >= 0.3 is 0 Å². The van der Waals surface area contributed by atoms with E-state index in [1.54, 1.807) is 0 Å². The van der Waals surface area contributed by atoms with E-state index in [-0.39, 0.29) is 0 Å². The zero-order chi connectivity index (χ0) is 7.40. The minimum absolute atomic E-state index is 0.302. The lowest BCUT2D eigenvalue weighted by Crippen LogP contribution is -2.40. The number of aliphatic hydroxyl groups is 1. The van der Waals surface area contributed by atoms with E-state index in [1.165, 1.54) is 12.8 Å². The van der Waals surface area contributed by atoms with Crippen molar-refractivity contribution in [3.05, 3.63) is 0 Å². The quantitative estimate of drug-likeness (QED) is 0.598. The van der Waals surface area contributed by atoms with Gasteiger partial charge in [0.2, 0.25) is 0 Å². The maximum absolute atomic E-state index is 8.79. The van der Waals surface area contributed by atoms with Crippen LogP contribution in [-0.2, 0) is 0 Å². The van der Waals surface area contributed by atoms with Crippen molar-refractivity contribution in [1.82, 2.24) is 5.32 Å². The Hall–Kier alpha value is -0.0800. The van der Waals surface area contributed by atoms with Gasteiger partial charge in [-0.05, 0) is 25.3 Å². The van der Waals surface area contributed by atoms with Gasteiger partial charge in [0.25, 0.3) is 0 Å². The van der Waals surface area contributed by atoms with E-state index >= 15 is 0 Å². The van der Waals surface area contributed by atoms with E-state index in [9.17, 15) is 0 Å². The lowest BCUT2D eigenvalue weighted by atomic mass is 9.93. The number of piperidine rings is 1. The Labute approximate surface area is 62.6 Å². The SMILES string of the molecule is CCC1CCC(CO)NC1. The van der Waals surface area contributed by atoms with Gasteiger partial charge in [0.05, 0.1) is 6.61 Å². The predicted molar refractivity (Wildman–Crippen MR) is 41.9 cm³/mol. The van der Waals surface area contributed by atoms with Crippen LogP contribution in [0.2, 0.25) is 0 Å². The van der Waals surface area contributed by atoms with Crippen molar-refractivity contribution in [1.29, 1.82) is 0 Å². The summed E-state index contributed by atoms with van der Waals surface area (Å²) in [4.78, 5) is 0. The minimum Gasteiger partial charge on any atom is -0.395 e. The van der Waals surface area contributed by atoms with Crippen molar-refractivity contribution in [2.45, 2.75) is 32.2 Å². The zero-order valence-corrected chi connectivity index (χ0v) is 6.64. The first kappa shape index (κ1) is 8.02. The molecule has 0 aromatic rings. The van der Waals surface area contributed by atoms with Crippen molar-refractivity contribution < 1.29 is 5.11 Å². The first-order chi connectivity index (χ1) is 4.86. The van der Waals surface area contributed by atoms with Crippen LogP contribution in [0.15, 0.2) is 0 Å². The molecule has 1 aliphatic rings. The van der Waals surface area contributed by atoms with Gasteiger partial charge in [-0.15, -0.1) is 0 Å². The van der Waals surface area contributed by atoms with Crippen LogP contribution in [0, 0.1) is 5.92 Å². The van der Waals surface area contributed by atoms with Crippen LogP contribution in [0.3, 0.4) is 0 Å². The van der Waals surface area contributed by atoms with Crippen molar-refractivity contribution in [3.8, 4) is 0 Å². The Morgan fingerprint density at radius 2 is 2.30 bits per heavy atom. The zero-order valence-electron chi connectivity index (χ0n) is 6.64. The molecule has 2 unspecified atom stereocenters. The van der Waals surface area contributed by atoms with Crippen molar-refractivity contribution in [2.75, 3.05) is 13.2 Å². The Morgan fingerprint density at radius 1 is 1.50 bits per heavy atom. The average molecular weight is 143 g/mol. The molecule has 1 aliphatic heterocycles. The highest BCUT2D eigenvalue weighted by Gasteiger charge is 2.17. The third-order valence-corrected chi connectivity index (χ3v) is 2.42. The molecule has 0 saturated carbocycles. The molecule has 0 bridgehead atoms. The van der Waals surface area contributed by atoms with Gasteiger partial charge in [-0.2, -0.15) is 0 Å². The highest BCUT2D eigenvalue weighted by Crippen LogP contribution is 2.16. The van der Waals surface area contributed by atoms with E-state index in [0.717, 1.165) is 18.9 Å². The summed E-state index contributed by atoms with van der Waals surface area (Å²) in [5, 5.41) is 12.1. The monoisotopic (exact) mass is 143 g/mol. The molecule has 2 nitrogen and oxygen atoms in total. The van der Waals surface area contributed by atoms with Crippen LogP contribution >= 0.6 is 0 Å². The maximum Gasteiger partial charge on any atom is 0.0584 e. The van der Waals surface area contributed by atoms with Crippen LogP contribution in [0.4, 0.5) is 0 Å². The topological polar surface area (TPSA) is 32.3 Å². The fourth-order valence-electron chi connectivity index (χ4n) is 1.48. The second-order valence-corrected chi connectivity index (χ2v) is 3.14. The highest BCUT2D eigenvalue weighted by molar-refractivity contribution is 4.75. The van der Waals surface area contributed by atoms with Crippen LogP contribution in [-0.4, -0.2) is 24.3 Å². The van der Waals surface area contributed by atoms with E-state index in [2.05, 4.69) is 12.2 Å². The second kappa shape index (κ2) is 3.94. The molecule has 60 valence electrons. The summed E-state index contributed by atoms with van der Waals surface area (Å²) in [5.74, 6) is 0.850. The number of hydrogen-bond donors (Lipinski definition) is 2. The lowest BCUT2D eigenvalue weighted by molar-refractivity contribution is 0.197. The molecule has 1 heterocycles. The summed E-state index contributed by atoms with van der Waals surface area (Å²) >= 11 is 0. The summed E-state index contributed by atoms with van der Waals surface area (Å²) < 4.78 is 0. The molecule has 2 heteroatoms. The Balaban J connectivity index is 2.17. The van der Waals surface area contributed by atoms with Crippen LogP contribution in [0.5, 0.6) is 0 Å². The van der Waals surface area contributed by atoms with Gasteiger partial charge in [-0.25, -0.2) is 0 Å². The largest absolute Gasteiger partial charge is 0.395 e. The summed E-state index contributed by atoms with van der Waals surface area (Å²) in [6.45, 7) is 3.63. The number of hydrogen-bond acceptors (Lipinski definition) is 2. The average Bonchev–Trinajstić information content (AvgIpc) is 2.05. The molecule has 2 N–H and O–H groups in total. The second-order valence-electron chi connectivity index (χ2n) is 3.14. The Bertz CT molecular complexity index is 75.3. The molecule has 1 fully saturated rings. The molecule has 0 radical (unpaired) electrons. The number of rotatable bonds is 2. The summed E-state index contributed by atoms with van der Waals surface area (Å²) in [5.41, 5.74) is 0. The van der Waals surface area contributed by atoms with Gasteiger partial charge in [-0.3, -0.25) is 0 Å². The highest BCUT2D eigenvalue weighted by atomic mass is 16.3.